The first kappa shape index (κ1) is 41.6. The first-order valence-corrected chi connectivity index (χ1v) is 24.9. The Morgan fingerprint density at radius 1 is 0.574 bits per heavy atom. The minimum absolute atomic E-state index is 0.424. The summed E-state index contributed by atoms with van der Waals surface area (Å²) in [5, 5.41) is 24.2. The van der Waals surface area contributed by atoms with E-state index in [9.17, 15) is 10.2 Å². The van der Waals surface area contributed by atoms with E-state index in [-0.39, 0.29) is 0 Å². The predicted molar refractivity (Wildman–Crippen MR) is 219 cm³/mol. The molecule has 0 aliphatic rings. The highest BCUT2D eigenvalue weighted by Crippen LogP contribution is 2.46. The molecule has 0 aromatic heterocycles. The Morgan fingerprint density at radius 3 is 1.32 bits per heavy atom. The lowest BCUT2D eigenvalue weighted by molar-refractivity contribution is 0.468. The van der Waals surface area contributed by atoms with E-state index in [0.717, 1.165) is 27.8 Å². The smallest absolute Gasteiger partial charge is 0.119 e. The molecule has 0 aliphatic heterocycles. The minimum Gasteiger partial charge on any atom is -0.508 e. The summed E-state index contributed by atoms with van der Waals surface area (Å²) in [5.41, 5.74) is 9.33. The van der Waals surface area contributed by atoms with Crippen LogP contribution in [0.2, 0.25) is 28.7 Å². The van der Waals surface area contributed by atoms with Gasteiger partial charge in [-0.3, -0.25) is 0 Å². The van der Waals surface area contributed by atoms with Gasteiger partial charge in [0.25, 0.3) is 0 Å². The molecular formula is C41H66O2S2Si2. The summed E-state index contributed by atoms with van der Waals surface area (Å²) >= 11 is 4.07. The average Bonchev–Trinajstić information content (AvgIpc) is 3.01. The molecule has 0 atom stereocenters. The van der Waals surface area contributed by atoms with Crippen LogP contribution in [0.25, 0.3) is 0 Å². The van der Waals surface area contributed by atoms with Crippen LogP contribution in [0.5, 0.6) is 11.5 Å². The molecule has 2 N–H and O–H groups in total. The molecule has 0 amide bonds. The molecule has 0 fully saturated rings. The molecular weight excluding hydrogens is 645 g/mol. The zero-order chi connectivity index (χ0) is 35.7. The molecule has 3 rings (SSSR count). The van der Waals surface area contributed by atoms with Crippen LogP contribution >= 0.6 is 23.5 Å². The maximum atomic E-state index is 10.1. The summed E-state index contributed by atoms with van der Waals surface area (Å²) in [5.74, 6) is 0.854. The summed E-state index contributed by atoms with van der Waals surface area (Å²) in [4.78, 5) is 2.75. The third-order valence-electron chi connectivity index (χ3n) is 11.0. The summed E-state index contributed by atoms with van der Waals surface area (Å²) in [6, 6.07) is 17.8. The van der Waals surface area contributed by atoms with Gasteiger partial charge in [0, 0.05) is 9.79 Å². The summed E-state index contributed by atoms with van der Waals surface area (Å²) in [6.07, 6.45) is 2.52. The molecule has 0 unspecified atom stereocenters. The molecule has 0 bridgehead atoms. The zero-order valence-corrected chi connectivity index (χ0v) is 35.9. The maximum Gasteiger partial charge on any atom is 0.119 e. The first-order valence-electron chi connectivity index (χ1n) is 17.9. The van der Waals surface area contributed by atoms with Gasteiger partial charge in [0.2, 0.25) is 0 Å². The van der Waals surface area contributed by atoms with Gasteiger partial charge in [-0.25, -0.2) is 0 Å². The van der Waals surface area contributed by atoms with Gasteiger partial charge in [-0.2, -0.15) is 0 Å². The van der Waals surface area contributed by atoms with E-state index in [1.807, 2.05) is 49.5 Å². The topological polar surface area (TPSA) is 40.5 Å². The van der Waals surface area contributed by atoms with Crippen LogP contribution < -0.4 is 5.19 Å². The molecule has 3 aromatic rings. The van der Waals surface area contributed by atoms with Crippen LogP contribution in [0, 0.1) is 41.5 Å². The van der Waals surface area contributed by atoms with Crippen LogP contribution in [0.15, 0.2) is 52.3 Å². The fourth-order valence-electron chi connectivity index (χ4n) is 7.82. The lowest BCUT2D eigenvalue weighted by atomic mass is 10.1. The lowest BCUT2D eigenvalue weighted by Gasteiger charge is -2.43. The van der Waals surface area contributed by atoms with Crippen molar-refractivity contribution in [3.05, 3.63) is 75.8 Å². The van der Waals surface area contributed by atoms with Crippen LogP contribution in [0.4, 0.5) is 0 Å². The number of rotatable bonds is 14. The van der Waals surface area contributed by atoms with Crippen molar-refractivity contribution >= 4 is 44.9 Å². The fraction of sp³-hybridized carbons (Fsp3) is 0.561. The van der Waals surface area contributed by atoms with E-state index < -0.39 is 16.1 Å². The largest absolute Gasteiger partial charge is 0.508 e. The van der Waals surface area contributed by atoms with Gasteiger partial charge in [-0.1, -0.05) is 116 Å². The van der Waals surface area contributed by atoms with Crippen molar-refractivity contribution in [2.45, 2.75) is 148 Å². The number of aromatic hydroxyl groups is 2. The Balaban J connectivity index is 0.000000330. The molecule has 0 saturated carbocycles. The molecule has 0 saturated heterocycles. The van der Waals surface area contributed by atoms with Crippen LogP contribution in [0.3, 0.4) is 0 Å². The van der Waals surface area contributed by atoms with Gasteiger partial charge < -0.3 is 10.2 Å². The first-order chi connectivity index (χ1) is 22.0. The lowest BCUT2D eigenvalue weighted by Crippen LogP contribution is -2.50. The summed E-state index contributed by atoms with van der Waals surface area (Å²) < 4.78 is 0. The highest BCUT2D eigenvalue weighted by atomic mass is 32.2. The van der Waals surface area contributed by atoms with Crippen LogP contribution in [0.1, 0.15) is 102 Å². The SMILES string of the molecule is CCC[Si](CCC)(CSc1c(C)cc(O)c(C)c1C)c1ccccc1.Cc1cc(O)c(C)c(C)c1SC[Si](C(C)C)(C(C)C)C(C)C. The number of hydrogen-bond acceptors (Lipinski definition) is 4. The maximum absolute atomic E-state index is 10.1. The van der Waals surface area contributed by atoms with E-state index >= 15 is 0 Å². The van der Waals surface area contributed by atoms with Crippen LogP contribution in [-0.2, 0) is 0 Å². The second-order valence-corrected chi connectivity index (χ2v) is 28.4. The van der Waals surface area contributed by atoms with Crippen LogP contribution in [-0.4, -0.2) is 37.1 Å². The number of phenols is 2. The number of aryl methyl sites for hydroxylation is 2. The summed E-state index contributed by atoms with van der Waals surface area (Å²) in [7, 11) is -2.92. The molecule has 6 heteroatoms. The monoisotopic (exact) mass is 710 g/mol. The zero-order valence-electron chi connectivity index (χ0n) is 32.2. The van der Waals surface area contributed by atoms with E-state index in [4.69, 9.17) is 0 Å². The van der Waals surface area contributed by atoms with Crippen molar-refractivity contribution in [3.8, 4) is 11.5 Å². The van der Waals surface area contributed by atoms with E-state index in [1.54, 1.807) is 5.19 Å². The predicted octanol–water partition coefficient (Wildman–Crippen LogP) is 12.8. The Hall–Kier alpha value is -1.61. The van der Waals surface area contributed by atoms with Gasteiger partial charge in [-0.15, -0.1) is 23.5 Å². The average molecular weight is 711 g/mol. The minimum atomic E-state index is -1.53. The number of thioether (sulfide) groups is 2. The van der Waals surface area contributed by atoms with Crippen molar-refractivity contribution in [3.63, 3.8) is 0 Å². The third-order valence-corrected chi connectivity index (χ3v) is 29.1. The van der Waals surface area contributed by atoms with Gasteiger partial charge in [0.05, 0.1) is 16.1 Å². The molecule has 0 radical (unpaired) electrons. The van der Waals surface area contributed by atoms with E-state index in [0.29, 0.717) is 11.5 Å². The standard InChI is InChI=1S/C22H32OSSi.C19H34OSSi/c1-6-13-25(14-7-2,20-11-9-8-10-12-20)16-24-22-17(3)15-21(23)18(4)19(22)5;1-12(2)22(13(3)4,14(5)6)11-21-19-15(7)10-18(20)16(8)17(19)9/h8-12,15,23H,6-7,13-14,16H2,1-5H3;10,12-14,20H,11H2,1-9H3. The van der Waals surface area contributed by atoms with Gasteiger partial charge in [0.1, 0.15) is 11.5 Å². The van der Waals surface area contributed by atoms with Gasteiger partial charge >= 0.3 is 0 Å². The molecule has 262 valence electrons. The van der Waals surface area contributed by atoms with Gasteiger partial charge in [0.15, 0.2) is 0 Å². The fourth-order valence-corrected chi connectivity index (χ4v) is 25.9. The normalized spacial score (nSPS) is 12.2. The quantitative estimate of drug-likeness (QED) is 0.129. The molecule has 3 aromatic carbocycles. The van der Waals surface area contributed by atoms with Gasteiger partial charge in [-0.05, 0) is 114 Å². The molecule has 2 nitrogen and oxygen atoms in total. The second-order valence-electron chi connectivity index (χ2n) is 14.9. The Labute approximate surface area is 300 Å². The van der Waals surface area contributed by atoms with Crippen molar-refractivity contribution in [1.82, 2.24) is 0 Å². The van der Waals surface area contributed by atoms with Crippen molar-refractivity contribution in [2.24, 2.45) is 0 Å². The van der Waals surface area contributed by atoms with E-state index in [1.165, 1.54) is 67.7 Å². The van der Waals surface area contributed by atoms with Crippen molar-refractivity contribution in [2.75, 3.05) is 10.8 Å². The number of hydrogen-bond donors (Lipinski definition) is 2. The highest BCUT2D eigenvalue weighted by molar-refractivity contribution is 8.01. The molecule has 47 heavy (non-hydrogen) atoms. The Kier molecular flexibility index (Phi) is 16.3. The Bertz CT molecular complexity index is 1410. The number of phenolic OH excluding ortho intramolecular Hbond substituents is 2. The van der Waals surface area contributed by atoms with E-state index in [2.05, 4.69) is 113 Å². The summed E-state index contributed by atoms with van der Waals surface area (Å²) in [6.45, 7) is 31.8. The third kappa shape index (κ3) is 9.76. The second kappa shape index (κ2) is 18.4. The number of benzene rings is 3. The van der Waals surface area contributed by atoms with Crippen molar-refractivity contribution in [1.29, 1.82) is 0 Å². The van der Waals surface area contributed by atoms with Crippen molar-refractivity contribution < 1.29 is 10.2 Å². The molecule has 0 aliphatic carbocycles. The molecule has 0 heterocycles. The molecule has 0 spiro atoms. The Morgan fingerprint density at radius 2 is 0.957 bits per heavy atom. The highest BCUT2D eigenvalue weighted by Gasteiger charge is 2.42.